The highest BCUT2D eigenvalue weighted by Crippen LogP contribution is 2.40. The molecule has 0 saturated carbocycles. The number of phenolic OH excluding ortho intramolecular Hbond substituents is 1. The van der Waals surface area contributed by atoms with E-state index in [0.717, 1.165) is 60.6 Å². The zero-order chi connectivity index (χ0) is 37.8. The average molecular weight is 748 g/mol. The van der Waals surface area contributed by atoms with E-state index in [1.165, 1.54) is 12.1 Å². The largest absolute Gasteiger partial charge is 0.504 e. The lowest BCUT2D eigenvalue weighted by atomic mass is 9.88. The molecule has 0 spiro atoms. The highest BCUT2D eigenvalue weighted by molar-refractivity contribution is 6.05. The number of carbonyl (C=O) groups is 3. The molecular formula is C40H42FN9O5. The Morgan fingerprint density at radius 1 is 1.02 bits per heavy atom. The fraction of sp³-hybridized carbons (Fsp3) is 0.425. The van der Waals surface area contributed by atoms with E-state index in [2.05, 4.69) is 43.6 Å². The first-order valence-corrected chi connectivity index (χ1v) is 19.1. The van der Waals surface area contributed by atoms with E-state index in [1.54, 1.807) is 11.0 Å². The Kier molecular flexibility index (Phi) is 9.03. The van der Waals surface area contributed by atoms with E-state index in [0.29, 0.717) is 67.9 Å². The average Bonchev–Trinajstić information content (AvgIpc) is 3.76. The van der Waals surface area contributed by atoms with Gasteiger partial charge in [0.15, 0.2) is 17.4 Å². The van der Waals surface area contributed by atoms with Gasteiger partial charge in [-0.15, -0.1) is 10.2 Å². The van der Waals surface area contributed by atoms with Crippen molar-refractivity contribution in [3.8, 4) is 22.9 Å². The lowest BCUT2D eigenvalue weighted by Crippen LogP contribution is -2.52. The molecule has 0 radical (unpaired) electrons. The molecule has 5 aliphatic rings. The molecule has 4 aromatic rings. The van der Waals surface area contributed by atoms with Gasteiger partial charge in [-0.25, -0.2) is 14.4 Å². The van der Waals surface area contributed by atoms with Crippen molar-refractivity contribution in [2.24, 2.45) is 0 Å². The molecule has 284 valence electrons. The van der Waals surface area contributed by atoms with Crippen LogP contribution in [0.3, 0.4) is 0 Å². The van der Waals surface area contributed by atoms with E-state index in [4.69, 9.17) is 14.7 Å². The molecule has 3 amide bonds. The molecule has 3 N–H and O–H groups in total. The quantitative estimate of drug-likeness (QED) is 0.223. The summed E-state index contributed by atoms with van der Waals surface area (Å²) in [6.45, 7) is 6.19. The molecule has 0 aliphatic carbocycles. The minimum Gasteiger partial charge on any atom is -0.504 e. The summed E-state index contributed by atoms with van der Waals surface area (Å²) in [4.78, 5) is 53.4. The molecule has 9 rings (SSSR count). The normalized spacial score (nSPS) is 22.6. The van der Waals surface area contributed by atoms with Crippen molar-refractivity contribution < 1.29 is 28.6 Å². The van der Waals surface area contributed by atoms with Crippen LogP contribution in [0.15, 0.2) is 48.7 Å². The number of nitrogens with one attached hydrogen (secondary N) is 2. The standard InChI is InChI=1S/C40H42FN9O5/c1-2-31-39(55-27-15-26-18-42-37-34(49(26)21-27)16-32(46-47-37)28-4-3-5-30(41)36(28)52)43-17-25(44-31)20-48-12-10-22(11-13-48)23-6-7-24-19-50(40(54)29(24)14-23)33-8-9-35(51)45-38(33)53/h3-7,14,16-17,22,26-27,33,52H,2,8-13,15,18-21H2,1H3,(H,42,47)(H,45,51,53). The summed E-state index contributed by atoms with van der Waals surface area (Å²) in [5.74, 6) is -0.466. The molecule has 14 nitrogen and oxygen atoms in total. The van der Waals surface area contributed by atoms with Crippen LogP contribution >= 0.6 is 0 Å². The minimum absolute atomic E-state index is 0.128. The first-order chi connectivity index (χ1) is 26.7. The molecular weight excluding hydrogens is 705 g/mol. The third-order valence-corrected chi connectivity index (χ3v) is 11.7. The van der Waals surface area contributed by atoms with E-state index < -0.39 is 23.5 Å². The molecule has 0 bridgehead atoms. The number of ether oxygens (including phenoxy) is 1. The summed E-state index contributed by atoms with van der Waals surface area (Å²) < 4.78 is 20.6. The van der Waals surface area contributed by atoms with Gasteiger partial charge in [0.2, 0.25) is 17.7 Å². The lowest BCUT2D eigenvalue weighted by molar-refractivity contribution is -0.136. The van der Waals surface area contributed by atoms with Crippen LogP contribution in [0.2, 0.25) is 0 Å². The Labute approximate surface area is 317 Å². The molecule has 55 heavy (non-hydrogen) atoms. The van der Waals surface area contributed by atoms with Crippen molar-refractivity contribution >= 4 is 29.2 Å². The van der Waals surface area contributed by atoms with Gasteiger partial charge in [0.25, 0.3) is 5.91 Å². The monoisotopic (exact) mass is 747 g/mol. The van der Waals surface area contributed by atoms with E-state index in [9.17, 15) is 23.9 Å². The second kappa shape index (κ2) is 14.2. The molecule has 3 saturated heterocycles. The number of hydrogen-bond acceptors (Lipinski definition) is 12. The number of nitrogens with zero attached hydrogens (tertiary/aromatic N) is 7. The Bertz CT molecular complexity index is 2190. The SMILES string of the molecule is CCc1nc(CN2CCC(c3ccc4c(c3)C(=O)N(C3CCC(=O)NC3=O)C4)CC2)cnc1OC1CC2CNc3nnc(-c4cccc(F)c4O)cc3N2C1. The second-order valence-electron chi connectivity index (χ2n) is 15.1. The zero-order valence-corrected chi connectivity index (χ0v) is 30.5. The summed E-state index contributed by atoms with van der Waals surface area (Å²) in [7, 11) is 0. The molecule has 3 unspecified atom stereocenters. The third-order valence-electron chi connectivity index (χ3n) is 11.7. The van der Waals surface area contributed by atoms with Crippen molar-refractivity contribution in [2.45, 2.75) is 82.6 Å². The maximum absolute atomic E-state index is 14.1. The number of aromatic nitrogens is 4. The van der Waals surface area contributed by atoms with E-state index >= 15 is 0 Å². The van der Waals surface area contributed by atoms with E-state index in [-0.39, 0.29) is 35.9 Å². The number of imide groups is 1. The highest BCUT2D eigenvalue weighted by Gasteiger charge is 2.40. The number of aryl methyl sites for hydroxylation is 1. The third kappa shape index (κ3) is 6.59. The van der Waals surface area contributed by atoms with Crippen molar-refractivity contribution in [1.29, 1.82) is 0 Å². The van der Waals surface area contributed by atoms with Crippen molar-refractivity contribution in [3.63, 3.8) is 0 Å². The molecule has 3 atom stereocenters. The number of rotatable bonds is 8. The Hall–Kier alpha value is -5.70. The molecule has 3 fully saturated rings. The van der Waals surface area contributed by atoms with Crippen molar-refractivity contribution in [1.82, 2.24) is 35.3 Å². The highest BCUT2D eigenvalue weighted by atomic mass is 19.1. The van der Waals surface area contributed by atoms with Gasteiger partial charge in [0, 0.05) is 43.6 Å². The fourth-order valence-electron chi connectivity index (χ4n) is 8.74. The maximum atomic E-state index is 14.1. The number of phenols is 1. The Morgan fingerprint density at radius 3 is 2.69 bits per heavy atom. The number of carbonyl (C=O) groups excluding carboxylic acids is 3. The summed E-state index contributed by atoms with van der Waals surface area (Å²) >= 11 is 0. The fourth-order valence-corrected chi connectivity index (χ4v) is 8.74. The number of amides is 3. The first-order valence-electron chi connectivity index (χ1n) is 19.1. The predicted octanol–water partition coefficient (Wildman–Crippen LogP) is 3.93. The van der Waals surface area contributed by atoms with Gasteiger partial charge in [-0.05, 0) is 80.1 Å². The molecule has 5 aliphatic heterocycles. The number of piperidine rings is 2. The molecule has 7 heterocycles. The van der Waals surface area contributed by atoms with Gasteiger partial charge >= 0.3 is 0 Å². The molecule has 2 aromatic heterocycles. The number of halogens is 1. The smallest absolute Gasteiger partial charge is 0.255 e. The van der Waals surface area contributed by atoms with Crippen molar-refractivity contribution in [3.05, 3.63) is 82.6 Å². The minimum atomic E-state index is -0.708. The number of likely N-dealkylation sites (tertiary alicyclic amines) is 1. The van der Waals surface area contributed by atoms with Crippen LogP contribution < -0.4 is 20.3 Å². The van der Waals surface area contributed by atoms with Gasteiger partial charge in [0.05, 0.1) is 35.9 Å². The summed E-state index contributed by atoms with van der Waals surface area (Å²) in [5, 5.41) is 24.6. The van der Waals surface area contributed by atoms with Crippen LogP contribution in [-0.2, 0) is 29.1 Å². The number of hydrogen-bond donors (Lipinski definition) is 3. The number of para-hydroxylation sites is 1. The van der Waals surface area contributed by atoms with Crippen LogP contribution in [-0.4, -0.2) is 97.2 Å². The number of fused-ring (bicyclic) bond motifs is 4. The molecule has 15 heteroatoms. The van der Waals surface area contributed by atoms with Crippen LogP contribution in [0, 0.1) is 5.82 Å². The Morgan fingerprint density at radius 2 is 1.87 bits per heavy atom. The van der Waals surface area contributed by atoms with Crippen molar-refractivity contribution in [2.75, 3.05) is 36.4 Å². The van der Waals surface area contributed by atoms with Gasteiger partial charge in [-0.3, -0.25) is 24.6 Å². The number of anilines is 2. The van der Waals surface area contributed by atoms with Crippen LogP contribution in [0.5, 0.6) is 11.6 Å². The summed E-state index contributed by atoms with van der Waals surface area (Å²) in [6, 6.07) is 11.9. The van der Waals surface area contributed by atoms with Crippen LogP contribution in [0.4, 0.5) is 15.9 Å². The second-order valence-corrected chi connectivity index (χ2v) is 15.1. The number of benzene rings is 2. The van der Waals surface area contributed by atoms with Crippen LogP contribution in [0.1, 0.15) is 77.8 Å². The van der Waals surface area contributed by atoms with Gasteiger partial charge in [0.1, 0.15) is 17.8 Å². The lowest BCUT2D eigenvalue weighted by Gasteiger charge is -2.33. The summed E-state index contributed by atoms with van der Waals surface area (Å²) in [5.41, 5.74) is 5.96. The maximum Gasteiger partial charge on any atom is 0.255 e. The van der Waals surface area contributed by atoms with Gasteiger partial charge < -0.3 is 25.0 Å². The van der Waals surface area contributed by atoms with Crippen LogP contribution in [0.25, 0.3) is 11.3 Å². The molecule has 2 aromatic carbocycles. The first kappa shape index (κ1) is 35.0. The Balaban J connectivity index is 0.810. The van der Waals surface area contributed by atoms with E-state index in [1.807, 2.05) is 24.4 Å². The zero-order valence-electron chi connectivity index (χ0n) is 30.5. The van der Waals surface area contributed by atoms with Gasteiger partial charge in [-0.1, -0.05) is 25.1 Å². The summed E-state index contributed by atoms with van der Waals surface area (Å²) in [6.07, 6.45) is 5.63. The number of aromatic hydroxyl groups is 1. The topological polar surface area (TPSA) is 166 Å². The van der Waals surface area contributed by atoms with Gasteiger partial charge in [-0.2, -0.15) is 0 Å². The predicted molar refractivity (Wildman–Crippen MR) is 199 cm³/mol.